The molecule has 1 aliphatic heterocycles. The van der Waals surface area contributed by atoms with Crippen molar-refractivity contribution in [3.8, 4) is 5.75 Å². The Balaban J connectivity index is 2.14. The maximum absolute atomic E-state index is 12.3. The molecule has 1 aromatic rings. The summed E-state index contributed by atoms with van der Waals surface area (Å²) in [4.78, 5) is 14.3. The number of hydrogen-bond acceptors (Lipinski definition) is 3. The number of carbonyl (C=O) groups is 1. The van der Waals surface area contributed by atoms with Crippen LogP contribution in [-0.2, 0) is 4.79 Å². The van der Waals surface area contributed by atoms with E-state index >= 15 is 0 Å². The second-order valence-corrected chi connectivity index (χ2v) is 5.23. The molecule has 0 aromatic heterocycles. The molecule has 0 saturated carbocycles. The van der Waals surface area contributed by atoms with Gasteiger partial charge in [-0.1, -0.05) is 38.6 Å². The van der Waals surface area contributed by atoms with Crippen LogP contribution in [0, 0.1) is 0 Å². The minimum atomic E-state index is -0.0711. The molecule has 1 fully saturated rings. The Morgan fingerprint density at radius 2 is 2.05 bits per heavy atom. The summed E-state index contributed by atoms with van der Waals surface area (Å²) in [5, 5.41) is 3.42. The van der Waals surface area contributed by atoms with Gasteiger partial charge in [-0.05, 0) is 30.5 Å². The lowest BCUT2D eigenvalue weighted by Gasteiger charge is -2.24. The molecule has 1 amide bonds. The standard InChI is InChI=1S/C17H24N2O2/c1-4-11-19-16(18-15(6-3)17(19)20)13-7-9-14(10-8-13)21-12-5-2/h5,7-10,15-16,18H,2,4,6,11-12H2,1,3H3. The lowest BCUT2D eigenvalue weighted by molar-refractivity contribution is -0.130. The molecule has 1 heterocycles. The zero-order valence-corrected chi connectivity index (χ0v) is 12.8. The van der Waals surface area contributed by atoms with Gasteiger partial charge in [0.1, 0.15) is 18.5 Å². The molecule has 0 aliphatic carbocycles. The predicted octanol–water partition coefficient (Wildman–Crippen LogP) is 2.87. The predicted molar refractivity (Wildman–Crippen MR) is 84.1 cm³/mol. The van der Waals surface area contributed by atoms with Gasteiger partial charge in [-0.15, -0.1) is 0 Å². The molecule has 4 nitrogen and oxygen atoms in total. The van der Waals surface area contributed by atoms with E-state index < -0.39 is 0 Å². The molecule has 2 atom stereocenters. The van der Waals surface area contributed by atoms with Crippen molar-refractivity contribution in [2.75, 3.05) is 13.2 Å². The summed E-state index contributed by atoms with van der Waals surface area (Å²) in [5.74, 6) is 1.02. The van der Waals surface area contributed by atoms with E-state index in [2.05, 4.69) is 18.8 Å². The highest BCUT2D eigenvalue weighted by Crippen LogP contribution is 2.27. The normalized spacial score (nSPS) is 21.6. The molecule has 1 saturated heterocycles. The number of nitrogens with zero attached hydrogens (tertiary/aromatic N) is 1. The fourth-order valence-corrected chi connectivity index (χ4v) is 2.63. The highest BCUT2D eigenvalue weighted by molar-refractivity contribution is 5.84. The summed E-state index contributed by atoms with van der Waals surface area (Å²) in [6, 6.07) is 7.84. The van der Waals surface area contributed by atoms with E-state index in [0.717, 1.165) is 30.7 Å². The number of rotatable bonds is 7. The summed E-state index contributed by atoms with van der Waals surface area (Å²) in [6.45, 7) is 9.04. The molecule has 4 heteroatoms. The van der Waals surface area contributed by atoms with Crippen LogP contribution in [0.2, 0.25) is 0 Å². The second-order valence-electron chi connectivity index (χ2n) is 5.23. The Morgan fingerprint density at radius 1 is 1.33 bits per heavy atom. The molecular weight excluding hydrogens is 264 g/mol. The smallest absolute Gasteiger partial charge is 0.241 e. The third-order valence-corrected chi connectivity index (χ3v) is 3.69. The molecule has 0 spiro atoms. The molecule has 0 radical (unpaired) electrons. The van der Waals surface area contributed by atoms with Crippen LogP contribution in [0.25, 0.3) is 0 Å². The number of ether oxygens (including phenoxy) is 1. The highest BCUT2D eigenvalue weighted by atomic mass is 16.5. The third-order valence-electron chi connectivity index (χ3n) is 3.69. The van der Waals surface area contributed by atoms with Gasteiger partial charge in [-0.3, -0.25) is 10.1 Å². The molecule has 21 heavy (non-hydrogen) atoms. The molecule has 1 aromatic carbocycles. The topological polar surface area (TPSA) is 41.6 Å². The first-order valence-corrected chi connectivity index (χ1v) is 7.61. The first-order chi connectivity index (χ1) is 10.2. The van der Waals surface area contributed by atoms with Crippen molar-refractivity contribution in [1.82, 2.24) is 10.2 Å². The van der Waals surface area contributed by atoms with E-state index in [4.69, 9.17) is 4.74 Å². The lowest BCUT2D eigenvalue weighted by atomic mass is 10.1. The molecule has 1 aliphatic rings. The zero-order chi connectivity index (χ0) is 15.2. The van der Waals surface area contributed by atoms with Gasteiger partial charge in [0, 0.05) is 6.54 Å². The fourth-order valence-electron chi connectivity index (χ4n) is 2.63. The minimum Gasteiger partial charge on any atom is -0.490 e. The Labute approximate surface area is 126 Å². The largest absolute Gasteiger partial charge is 0.490 e. The van der Waals surface area contributed by atoms with Crippen LogP contribution in [0.5, 0.6) is 5.75 Å². The van der Waals surface area contributed by atoms with Gasteiger partial charge < -0.3 is 9.64 Å². The van der Waals surface area contributed by atoms with Crippen molar-refractivity contribution >= 4 is 5.91 Å². The maximum atomic E-state index is 12.3. The van der Waals surface area contributed by atoms with Crippen LogP contribution in [-0.4, -0.2) is 30.0 Å². The van der Waals surface area contributed by atoms with Crippen LogP contribution >= 0.6 is 0 Å². The molecular formula is C17H24N2O2. The Bertz CT molecular complexity index is 484. The Morgan fingerprint density at radius 3 is 2.62 bits per heavy atom. The lowest BCUT2D eigenvalue weighted by Crippen LogP contribution is -2.31. The van der Waals surface area contributed by atoms with E-state index in [1.807, 2.05) is 36.1 Å². The summed E-state index contributed by atoms with van der Waals surface area (Å²) in [6.07, 6.45) is 3.47. The van der Waals surface area contributed by atoms with Gasteiger partial charge in [0.2, 0.25) is 5.91 Å². The molecule has 114 valence electrons. The average molecular weight is 288 g/mol. The van der Waals surface area contributed by atoms with Crippen LogP contribution in [0.4, 0.5) is 0 Å². The van der Waals surface area contributed by atoms with Gasteiger partial charge in [-0.2, -0.15) is 0 Å². The summed E-state index contributed by atoms with van der Waals surface area (Å²) in [5.41, 5.74) is 1.10. The van der Waals surface area contributed by atoms with E-state index in [1.54, 1.807) is 6.08 Å². The average Bonchev–Trinajstić information content (AvgIpc) is 2.83. The number of carbonyl (C=O) groups excluding carboxylic acids is 1. The first-order valence-electron chi connectivity index (χ1n) is 7.61. The number of amides is 1. The molecule has 1 N–H and O–H groups in total. The van der Waals surface area contributed by atoms with Gasteiger partial charge in [0.05, 0.1) is 6.04 Å². The molecule has 2 rings (SSSR count). The summed E-state index contributed by atoms with van der Waals surface area (Å²) >= 11 is 0. The van der Waals surface area contributed by atoms with Crippen molar-refractivity contribution < 1.29 is 9.53 Å². The highest BCUT2D eigenvalue weighted by Gasteiger charge is 2.37. The monoisotopic (exact) mass is 288 g/mol. The third kappa shape index (κ3) is 3.45. The quantitative estimate of drug-likeness (QED) is 0.784. The van der Waals surface area contributed by atoms with E-state index in [-0.39, 0.29) is 18.1 Å². The van der Waals surface area contributed by atoms with Crippen LogP contribution in [0.15, 0.2) is 36.9 Å². The van der Waals surface area contributed by atoms with E-state index in [0.29, 0.717) is 6.61 Å². The van der Waals surface area contributed by atoms with E-state index in [1.165, 1.54) is 0 Å². The molecule has 2 unspecified atom stereocenters. The van der Waals surface area contributed by atoms with Crippen LogP contribution < -0.4 is 10.1 Å². The van der Waals surface area contributed by atoms with Gasteiger partial charge in [0.25, 0.3) is 0 Å². The van der Waals surface area contributed by atoms with Crippen molar-refractivity contribution in [2.45, 2.75) is 38.9 Å². The Hall–Kier alpha value is -1.81. The maximum Gasteiger partial charge on any atom is 0.241 e. The fraction of sp³-hybridized carbons (Fsp3) is 0.471. The van der Waals surface area contributed by atoms with E-state index in [9.17, 15) is 4.79 Å². The van der Waals surface area contributed by atoms with Crippen molar-refractivity contribution in [3.63, 3.8) is 0 Å². The van der Waals surface area contributed by atoms with Gasteiger partial charge in [0.15, 0.2) is 0 Å². The van der Waals surface area contributed by atoms with Crippen molar-refractivity contribution in [1.29, 1.82) is 0 Å². The minimum absolute atomic E-state index is 0.0316. The SMILES string of the molecule is C=CCOc1ccc(C2NC(CC)C(=O)N2CCC)cc1. The van der Waals surface area contributed by atoms with Crippen LogP contribution in [0.3, 0.4) is 0 Å². The second kappa shape index (κ2) is 7.27. The molecule has 0 bridgehead atoms. The van der Waals surface area contributed by atoms with Crippen molar-refractivity contribution in [3.05, 3.63) is 42.5 Å². The van der Waals surface area contributed by atoms with Gasteiger partial charge in [-0.25, -0.2) is 0 Å². The zero-order valence-electron chi connectivity index (χ0n) is 12.8. The summed E-state index contributed by atoms with van der Waals surface area (Å²) < 4.78 is 5.49. The first kappa shape index (κ1) is 15.6. The number of hydrogen-bond donors (Lipinski definition) is 1. The van der Waals surface area contributed by atoms with Crippen LogP contribution in [0.1, 0.15) is 38.4 Å². The number of benzene rings is 1. The van der Waals surface area contributed by atoms with Crippen molar-refractivity contribution in [2.24, 2.45) is 0 Å². The number of nitrogens with one attached hydrogen (secondary N) is 1. The van der Waals surface area contributed by atoms with Gasteiger partial charge >= 0.3 is 0 Å². The summed E-state index contributed by atoms with van der Waals surface area (Å²) in [7, 11) is 0. The Kier molecular flexibility index (Phi) is 5.39.